The van der Waals surface area contributed by atoms with Crippen LogP contribution >= 0.6 is 11.3 Å². The van der Waals surface area contributed by atoms with Crippen molar-refractivity contribution in [3.8, 4) is 0 Å². The van der Waals surface area contributed by atoms with Crippen molar-refractivity contribution in [2.75, 3.05) is 32.7 Å². The summed E-state index contributed by atoms with van der Waals surface area (Å²) in [5, 5.41) is 5.48. The van der Waals surface area contributed by atoms with Crippen LogP contribution in [0.3, 0.4) is 0 Å². The molecule has 0 radical (unpaired) electrons. The third kappa shape index (κ3) is 2.78. The summed E-state index contributed by atoms with van der Waals surface area (Å²) in [5.74, 6) is 0. The fraction of sp³-hybridized carbons (Fsp3) is 0.636. The standard InChI is InChI=1S/C11H19N3S/c1-9-2-7-15-11(9)10(12)8-14-5-3-13-4-6-14/h2,7,10,13H,3-6,8,12H2,1H3. The lowest BCUT2D eigenvalue weighted by atomic mass is 10.1. The number of hydrogen-bond donors (Lipinski definition) is 2. The number of aryl methyl sites for hydroxylation is 1. The monoisotopic (exact) mass is 225 g/mol. The van der Waals surface area contributed by atoms with Gasteiger partial charge in [0.05, 0.1) is 6.04 Å². The Labute approximate surface area is 95.3 Å². The topological polar surface area (TPSA) is 41.3 Å². The molecule has 1 fully saturated rings. The molecule has 1 atom stereocenters. The number of nitrogens with one attached hydrogen (secondary N) is 1. The summed E-state index contributed by atoms with van der Waals surface area (Å²) in [5.41, 5.74) is 7.56. The van der Waals surface area contributed by atoms with Crippen molar-refractivity contribution in [3.05, 3.63) is 21.9 Å². The first kappa shape index (κ1) is 11.1. The molecule has 84 valence electrons. The number of nitrogens with two attached hydrogens (primary N) is 1. The van der Waals surface area contributed by atoms with E-state index in [9.17, 15) is 0 Å². The smallest absolute Gasteiger partial charge is 0.0521 e. The number of nitrogens with zero attached hydrogens (tertiary/aromatic N) is 1. The van der Waals surface area contributed by atoms with E-state index in [2.05, 4.69) is 28.6 Å². The van der Waals surface area contributed by atoms with Crippen molar-refractivity contribution >= 4 is 11.3 Å². The summed E-state index contributed by atoms with van der Waals surface area (Å²) in [6.45, 7) is 7.56. The van der Waals surface area contributed by atoms with Gasteiger partial charge in [-0.15, -0.1) is 11.3 Å². The predicted molar refractivity (Wildman–Crippen MR) is 65.3 cm³/mol. The van der Waals surface area contributed by atoms with E-state index in [1.807, 2.05) is 0 Å². The molecule has 15 heavy (non-hydrogen) atoms. The molecule has 3 N–H and O–H groups in total. The SMILES string of the molecule is Cc1ccsc1C(N)CN1CCNCC1. The van der Waals surface area contributed by atoms with E-state index in [1.165, 1.54) is 10.4 Å². The Morgan fingerprint density at radius 3 is 2.87 bits per heavy atom. The zero-order valence-corrected chi connectivity index (χ0v) is 10.0. The highest BCUT2D eigenvalue weighted by molar-refractivity contribution is 7.10. The van der Waals surface area contributed by atoms with Gasteiger partial charge in [-0.05, 0) is 23.9 Å². The highest BCUT2D eigenvalue weighted by Gasteiger charge is 2.16. The maximum Gasteiger partial charge on any atom is 0.0521 e. The number of thiophene rings is 1. The third-order valence-electron chi connectivity index (χ3n) is 2.90. The Bertz CT molecular complexity index is 305. The second kappa shape index (κ2) is 5.07. The lowest BCUT2D eigenvalue weighted by Crippen LogP contribution is -2.45. The summed E-state index contributed by atoms with van der Waals surface area (Å²) in [4.78, 5) is 3.79. The molecule has 0 aromatic carbocycles. The van der Waals surface area contributed by atoms with E-state index in [4.69, 9.17) is 5.73 Å². The molecule has 3 nitrogen and oxygen atoms in total. The zero-order chi connectivity index (χ0) is 10.7. The van der Waals surface area contributed by atoms with Crippen molar-refractivity contribution in [1.82, 2.24) is 10.2 Å². The van der Waals surface area contributed by atoms with E-state index >= 15 is 0 Å². The number of hydrogen-bond acceptors (Lipinski definition) is 4. The van der Waals surface area contributed by atoms with E-state index < -0.39 is 0 Å². The van der Waals surface area contributed by atoms with Crippen LogP contribution < -0.4 is 11.1 Å². The Balaban J connectivity index is 1.91. The van der Waals surface area contributed by atoms with Gasteiger partial charge in [-0.2, -0.15) is 0 Å². The first-order valence-electron chi connectivity index (χ1n) is 5.50. The van der Waals surface area contributed by atoms with E-state index in [0.717, 1.165) is 32.7 Å². The highest BCUT2D eigenvalue weighted by atomic mass is 32.1. The average molecular weight is 225 g/mol. The maximum absolute atomic E-state index is 6.22. The van der Waals surface area contributed by atoms with Crippen molar-refractivity contribution in [3.63, 3.8) is 0 Å². The van der Waals surface area contributed by atoms with Crippen LogP contribution in [0.15, 0.2) is 11.4 Å². The largest absolute Gasteiger partial charge is 0.322 e. The van der Waals surface area contributed by atoms with Gasteiger partial charge in [0.25, 0.3) is 0 Å². The van der Waals surface area contributed by atoms with Crippen LogP contribution in [0.1, 0.15) is 16.5 Å². The summed E-state index contributed by atoms with van der Waals surface area (Å²) in [6, 6.07) is 2.33. The number of piperazine rings is 1. The highest BCUT2D eigenvalue weighted by Crippen LogP contribution is 2.22. The Morgan fingerprint density at radius 1 is 1.53 bits per heavy atom. The molecule has 0 amide bonds. The maximum atomic E-state index is 6.22. The minimum atomic E-state index is 0.183. The first-order chi connectivity index (χ1) is 7.27. The van der Waals surface area contributed by atoms with E-state index in [0.29, 0.717) is 0 Å². The first-order valence-corrected chi connectivity index (χ1v) is 6.38. The molecular weight excluding hydrogens is 206 g/mol. The summed E-state index contributed by atoms with van der Waals surface area (Å²) in [7, 11) is 0. The molecule has 1 aromatic rings. The molecule has 2 heterocycles. The van der Waals surface area contributed by atoms with Crippen LogP contribution in [0.5, 0.6) is 0 Å². The zero-order valence-electron chi connectivity index (χ0n) is 9.20. The molecule has 2 rings (SSSR count). The Kier molecular flexibility index (Phi) is 3.75. The van der Waals surface area contributed by atoms with Gasteiger partial charge < -0.3 is 11.1 Å². The van der Waals surface area contributed by atoms with Crippen LogP contribution in [0.25, 0.3) is 0 Å². The summed E-state index contributed by atoms with van der Waals surface area (Å²) < 4.78 is 0. The lowest BCUT2D eigenvalue weighted by Gasteiger charge is -2.29. The summed E-state index contributed by atoms with van der Waals surface area (Å²) in [6.07, 6.45) is 0. The van der Waals surface area contributed by atoms with Crippen LogP contribution in [0.4, 0.5) is 0 Å². The molecule has 0 aliphatic carbocycles. The predicted octanol–water partition coefficient (Wildman–Crippen LogP) is 0.962. The van der Waals surface area contributed by atoms with Crippen molar-refractivity contribution in [2.24, 2.45) is 5.73 Å². The molecule has 1 saturated heterocycles. The van der Waals surface area contributed by atoms with Crippen molar-refractivity contribution < 1.29 is 0 Å². The fourth-order valence-corrected chi connectivity index (χ4v) is 2.94. The van der Waals surface area contributed by atoms with Gasteiger partial charge in [-0.3, -0.25) is 4.90 Å². The molecular formula is C11H19N3S. The van der Waals surface area contributed by atoms with Gasteiger partial charge in [-0.25, -0.2) is 0 Å². The van der Waals surface area contributed by atoms with E-state index in [1.54, 1.807) is 11.3 Å². The fourth-order valence-electron chi connectivity index (χ4n) is 2.02. The minimum absolute atomic E-state index is 0.183. The van der Waals surface area contributed by atoms with Crippen LogP contribution in [0, 0.1) is 6.92 Å². The summed E-state index contributed by atoms with van der Waals surface area (Å²) >= 11 is 1.78. The van der Waals surface area contributed by atoms with Crippen molar-refractivity contribution in [1.29, 1.82) is 0 Å². The molecule has 1 aliphatic rings. The molecule has 0 bridgehead atoms. The normalized spacial score (nSPS) is 20.4. The minimum Gasteiger partial charge on any atom is -0.322 e. The second-order valence-electron chi connectivity index (χ2n) is 4.12. The van der Waals surface area contributed by atoms with Gasteiger partial charge >= 0.3 is 0 Å². The van der Waals surface area contributed by atoms with Gasteiger partial charge in [0, 0.05) is 37.6 Å². The Hall–Kier alpha value is -0.420. The molecule has 4 heteroatoms. The van der Waals surface area contributed by atoms with Crippen molar-refractivity contribution in [2.45, 2.75) is 13.0 Å². The van der Waals surface area contributed by atoms with Crippen LogP contribution in [-0.4, -0.2) is 37.6 Å². The third-order valence-corrected chi connectivity index (χ3v) is 4.05. The van der Waals surface area contributed by atoms with Gasteiger partial charge in [-0.1, -0.05) is 0 Å². The number of rotatable bonds is 3. The Morgan fingerprint density at radius 2 is 2.27 bits per heavy atom. The molecule has 1 aromatic heterocycles. The molecule has 0 spiro atoms. The van der Waals surface area contributed by atoms with Gasteiger partial charge in [0.15, 0.2) is 0 Å². The van der Waals surface area contributed by atoms with E-state index in [-0.39, 0.29) is 6.04 Å². The average Bonchev–Trinajstić information content (AvgIpc) is 2.66. The molecule has 1 aliphatic heterocycles. The quantitative estimate of drug-likeness (QED) is 0.805. The van der Waals surface area contributed by atoms with Crippen LogP contribution in [-0.2, 0) is 0 Å². The molecule has 1 unspecified atom stereocenters. The van der Waals surface area contributed by atoms with Crippen LogP contribution in [0.2, 0.25) is 0 Å². The van der Waals surface area contributed by atoms with Gasteiger partial charge in [0.2, 0.25) is 0 Å². The second-order valence-corrected chi connectivity index (χ2v) is 5.07. The molecule has 0 saturated carbocycles. The lowest BCUT2D eigenvalue weighted by molar-refractivity contribution is 0.228. The van der Waals surface area contributed by atoms with Gasteiger partial charge in [0.1, 0.15) is 0 Å².